The van der Waals surface area contributed by atoms with Gasteiger partial charge in [0.25, 0.3) is 0 Å². The normalized spacial score (nSPS) is 10.4. The summed E-state index contributed by atoms with van der Waals surface area (Å²) in [5.41, 5.74) is 5.35. The molecule has 2 nitrogen and oxygen atoms in total. The number of pyridine rings is 2. The number of aryl methyl sites for hydroxylation is 1. The van der Waals surface area contributed by atoms with Gasteiger partial charge in [0.1, 0.15) is 0 Å². The van der Waals surface area contributed by atoms with Crippen LogP contribution in [-0.2, 0) is 0 Å². The molecule has 0 saturated heterocycles. The molecule has 0 unspecified atom stereocenters. The van der Waals surface area contributed by atoms with Crippen molar-refractivity contribution < 1.29 is 0 Å². The van der Waals surface area contributed by atoms with Crippen molar-refractivity contribution in [3.05, 3.63) is 72.6 Å². The van der Waals surface area contributed by atoms with Crippen LogP contribution in [0.1, 0.15) is 5.56 Å². The number of benzene rings is 1. The first kappa shape index (κ1) is 11.6. The average Bonchev–Trinajstić information content (AvgIpc) is 2.48. The standard InChI is InChI=1S/C17H14N2/c1-13-10-16(14-6-3-2-4-7-14)19-17(11-13)15-8-5-9-18-12-15/h2-12H,1H3. The molecular formula is C17H14N2. The van der Waals surface area contributed by atoms with E-state index < -0.39 is 0 Å². The molecule has 0 radical (unpaired) electrons. The molecule has 0 N–H and O–H groups in total. The summed E-state index contributed by atoms with van der Waals surface area (Å²) in [6.45, 7) is 2.09. The van der Waals surface area contributed by atoms with Gasteiger partial charge >= 0.3 is 0 Å². The van der Waals surface area contributed by atoms with E-state index in [4.69, 9.17) is 4.98 Å². The maximum Gasteiger partial charge on any atom is 0.0727 e. The number of hydrogen-bond donors (Lipinski definition) is 0. The minimum Gasteiger partial charge on any atom is -0.264 e. The van der Waals surface area contributed by atoms with Crippen molar-refractivity contribution in [1.29, 1.82) is 0 Å². The third-order valence-electron chi connectivity index (χ3n) is 3.00. The van der Waals surface area contributed by atoms with E-state index in [0.717, 1.165) is 22.5 Å². The van der Waals surface area contributed by atoms with Crippen molar-refractivity contribution in [3.8, 4) is 22.5 Å². The lowest BCUT2D eigenvalue weighted by Gasteiger charge is -2.07. The second-order valence-electron chi connectivity index (χ2n) is 4.52. The van der Waals surface area contributed by atoms with Crippen LogP contribution in [0, 0.1) is 6.92 Å². The zero-order valence-corrected chi connectivity index (χ0v) is 10.7. The molecule has 3 aromatic rings. The van der Waals surface area contributed by atoms with Crippen molar-refractivity contribution in [2.75, 3.05) is 0 Å². The summed E-state index contributed by atoms with van der Waals surface area (Å²) in [6, 6.07) is 18.4. The van der Waals surface area contributed by atoms with Crippen molar-refractivity contribution in [2.24, 2.45) is 0 Å². The average molecular weight is 246 g/mol. The van der Waals surface area contributed by atoms with E-state index in [2.05, 4.69) is 36.2 Å². The molecule has 0 spiro atoms. The molecule has 0 aliphatic heterocycles. The van der Waals surface area contributed by atoms with E-state index in [1.807, 2.05) is 36.5 Å². The van der Waals surface area contributed by atoms with Crippen LogP contribution in [0.5, 0.6) is 0 Å². The van der Waals surface area contributed by atoms with Crippen LogP contribution in [0.25, 0.3) is 22.5 Å². The third-order valence-corrected chi connectivity index (χ3v) is 3.00. The smallest absolute Gasteiger partial charge is 0.0727 e. The molecule has 0 bridgehead atoms. The summed E-state index contributed by atoms with van der Waals surface area (Å²) in [7, 11) is 0. The Morgan fingerprint density at radius 2 is 1.47 bits per heavy atom. The van der Waals surface area contributed by atoms with E-state index in [0.29, 0.717) is 0 Å². The molecule has 0 amide bonds. The van der Waals surface area contributed by atoms with Crippen LogP contribution in [-0.4, -0.2) is 9.97 Å². The van der Waals surface area contributed by atoms with Gasteiger partial charge in [-0.2, -0.15) is 0 Å². The molecule has 2 heteroatoms. The molecule has 0 aliphatic carbocycles. The summed E-state index contributed by atoms with van der Waals surface area (Å²) in [5, 5.41) is 0. The first-order valence-electron chi connectivity index (χ1n) is 6.27. The topological polar surface area (TPSA) is 25.8 Å². The quantitative estimate of drug-likeness (QED) is 0.679. The molecule has 2 heterocycles. The monoisotopic (exact) mass is 246 g/mol. The van der Waals surface area contributed by atoms with Crippen LogP contribution in [0.3, 0.4) is 0 Å². The molecule has 1 aromatic carbocycles. The summed E-state index contributed by atoms with van der Waals surface area (Å²) in [5.74, 6) is 0. The first-order chi connectivity index (χ1) is 9.33. The Bertz CT molecular complexity index is 618. The van der Waals surface area contributed by atoms with Crippen molar-refractivity contribution in [3.63, 3.8) is 0 Å². The Morgan fingerprint density at radius 3 is 2.16 bits per heavy atom. The number of aromatic nitrogens is 2. The largest absolute Gasteiger partial charge is 0.264 e. The number of hydrogen-bond acceptors (Lipinski definition) is 2. The molecule has 3 rings (SSSR count). The Kier molecular flexibility index (Phi) is 3.07. The minimum absolute atomic E-state index is 0.965. The fraction of sp³-hybridized carbons (Fsp3) is 0.0588. The van der Waals surface area contributed by atoms with Crippen LogP contribution < -0.4 is 0 Å². The van der Waals surface area contributed by atoms with Gasteiger partial charge < -0.3 is 0 Å². The van der Waals surface area contributed by atoms with Gasteiger partial charge in [-0.15, -0.1) is 0 Å². The Hall–Kier alpha value is -2.48. The minimum atomic E-state index is 0.965. The van der Waals surface area contributed by atoms with Crippen LogP contribution in [0.2, 0.25) is 0 Å². The van der Waals surface area contributed by atoms with Gasteiger partial charge in [-0.3, -0.25) is 4.98 Å². The predicted molar refractivity (Wildman–Crippen MR) is 77.6 cm³/mol. The highest BCUT2D eigenvalue weighted by Crippen LogP contribution is 2.23. The number of rotatable bonds is 2. The second kappa shape index (κ2) is 5.02. The maximum absolute atomic E-state index is 4.73. The van der Waals surface area contributed by atoms with Gasteiger partial charge in [0, 0.05) is 23.5 Å². The van der Waals surface area contributed by atoms with E-state index in [9.17, 15) is 0 Å². The first-order valence-corrected chi connectivity index (χ1v) is 6.27. The summed E-state index contributed by atoms with van der Waals surface area (Å²) >= 11 is 0. The highest BCUT2D eigenvalue weighted by Gasteiger charge is 2.04. The lowest BCUT2D eigenvalue weighted by atomic mass is 10.1. The predicted octanol–water partition coefficient (Wildman–Crippen LogP) is 4.12. The number of nitrogens with zero attached hydrogens (tertiary/aromatic N) is 2. The van der Waals surface area contributed by atoms with Gasteiger partial charge in [-0.05, 0) is 36.8 Å². The van der Waals surface area contributed by atoms with Gasteiger partial charge in [0.2, 0.25) is 0 Å². The zero-order chi connectivity index (χ0) is 13.1. The SMILES string of the molecule is Cc1cc(-c2ccccc2)nc(-c2cccnc2)c1. The molecule has 19 heavy (non-hydrogen) atoms. The van der Waals surface area contributed by atoms with Crippen molar-refractivity contribution >= 4 is 0 Å². The van der Waals surface area contributed by atoms with Gasteiger partial charge in [-0.1, -0.05) is 30.3 Å². The lowest BCUT2D eigenvalue weighted by Crippen LogP contribution is -1.90. The van der Waals surface area contributed by atoms with E-state index in [1.165, 1.54) is 5.56 Å². The molecule has 0 saturated carbocycles. The lowest BCUT2D eigenvalue weighted by molar-refractivity contribution is 1.26. The Balaban J connectivity index is 2.12. The molecule has 2 aromatic heterocycles. The van der Waals surface area contributed by atoms with Gasteiger partial charge in [0.05, 0.1) is 11.4 Å². The fourth-order valence-electron chi connectivity index (χ4n) is 2.09. The summed E-state index contributed by atoms with van der Waals surface area (Å²) in [4.78, 5) is 8.89. The highest BCUT2D eigenvalue weighted by atomic mass is 14.7. The van der Waals surface area contributed by atoms with E-state index >= 15 is 0 Å². The van der Waals surface area contributed by atoms with Crippen LogP contribution in [0.15, 0.2) is 67.0 Å². The summed E-state index contributed by atoms with van der Waals surface area (Å²) < 4.78 is 0. The van der Waals surface area contributed by atoms with E-state index in [1.54, 1.807) is 6.20 Å². The molecule has 92 valence electrons. The molecule has 0 aliphatic rings. The second-order valence-corrected chi connectivity index (χ2v) is 4.52. The zero-order valence-electron chi connectivity index (χ0n) is 10.7. The maximum atomic E-state index is 4.73. The molecular weight excluding hydrogens is 232 g/mol. The van der Waals surface area contributed by atoms with E-state index in [-0.39, 0.29) is 0 Å². The summed E-state index contributed by atoms with van der Waals surface area (Å²) in [6.07, 6.45) is 3.62. The molecule has 0 atom stereocenters. The molecule has 0 fully saturated rings. The third kappa shape index (κ3) is 2.52. The van der Waals surface area contributed by atoms with Gasteiger partial charge in [0.15, 0.2) is 0 Å². The van der Waals surface area contributed by atoms with Crippen molar-refractivity contribution in [2.45, 2.75) is 6.92 Å². The van der Waals surface area contributed by atoms with Gasteiger partial charge in [-0.25, -0.2) is 4.98 Å². The highest BCUT2D eigenvalue weighted by molar-refractivity contribution is 5.66. The fourth-order valence-corrected chi connectivity index (χ4v) is 2.09. The Morgan fingerprint density at radius 1 is 0.789 bits per heavy atom. The van der Waals surface area contributed by atoms with Crippen LogP contribution >= 0.6 is 0 Å². The van der Waals surface area contributed by atoms with Crippen LogP contribution in [0.4, 0.5) is 0 Å². The van der Waals surface area contributed by atoms with Crippen molar-refractivity contribution in [1.82, 2.24) is 9.97 Å². The Labute approximate surface area is 112 Å².